The van der Waals surface area contributed by atoms with Gasteiger partial charge in [-0.15, -0.1) is 6.42 Å². The molecule has 3 rings (SSSR count). The van der Waals surface area contributed by atoms with Gasteiger partial charge in [0.2, 0.25) is 0 Å². The van der Waals surface area contributed by atoms with Gasteiger partial charge in [0.05, 0.1) is 18.7 Å². The van der Waals surface area contributed by atoms with Crippen molar-refractivity contribution in [3.63, 3.8) is 0 Å². The first-order chi connectivity index (χ1) is 14.6. The molecule has 6 heteroatoms. The van der Waals surface area contributed by atoms with Crippen molar-refractivity contribution in [3.8, 4) is 12.3 Å². The summed E-state index contributed by atoms with van der Waals surface area (Å²) in [6, 6.07) is 16.0. The number of benzene rings is 2. The highest BCUT2D eigenvalue weighted by atomic mass is 16.5. The average Bonchev–Trinajstić information content (AvgIpc) is 3.27. The summed E-state index contributed by atoms with van der Waals surface area (Å²) in [7, 11) is 0. The molecule has 2 atom stereocenters. The maximum Gasteiger partial charge on any atom is 0.318 e. The van der Waals surface area contributed by atoms with Crippen LogP contribution in [0, 0.1) is 12.3 Å². The third kappa shape index (κ3) is 5.85. The van der Waals surface area contributed by atoms with Crippen molar-refractivity contribution in [2.24, 2.45) is 0 Å². The Morgan fingerprint density at radius 3 is 2.73 bits per heavy atom. The minimum Gasteiger partial charge on any atom is -0.376 e. The van der Waals surface area contributed by atoms with Crippen LogP contribution in [0.4, 0.5) is 10.5 Å². The van der Waals surface area contributed by atoms with Crippen LogP contribution in [0.25, 0.3) is 0 Å². The van der Waals surface area contributed by atoms with Crippen LogP contribution in [0.2, 0.25) is 0 Å². The summed E-state index contributed by atoms with van der Waals surface area (Å²) < 4.78 is 5.63. The van der Waals surface area contributed by atoms with Crippen LogP contribution < -0.4 is 10.6 Å². The Hall–Kier alpha value is -3.30. The van der Waals surface area contributed by atoms with E-state index in [1.54, 1.807) is 17.0 Å². The minimum absolute atomic E-state index is 0.0379. The summed E-state index contributed by atoms with van der Waals surface area (Å²) >= 11 is 0. The lowest BCUT2D eigenvalue weighted by atomic mass is 10.1. The third-order valence-electron chi connectivity index (χ3n) is 5.04. The number of hydrogen-bond donors (Lipinski definition) is 2. The van der Waals surface area contributed by atoms with E-state index in [4.69, 9.17) is 11.2 Å². The molecule has 1 aliphatic heterocycles. The van der Waals surface area contributed by atoms with Gasteiger partial charge in [-0.25, -0.2) is 4.79 Å². The monoisotopic (exact) mass is 405 g/mol. The number of hydrogen-bond acceptors (Lipinski definition) is 3. The number of rotatable bonds is 7. The van der Waals surface area contributed by atoms with Gasteiger partial charge >= 0.3 is 6.03 Å². The molecule has 6 nitrogen and oxygen atoms in total. The molecule has 2 aromatic rings. The number of carbonyl (C=O) groups is 2. The molecule has 2 N–H and O–H groups in total. The largest absolute Gasteiger partial charge is 0.376 e. The number of nitrogens with one attached hydrogen (secondary N) is 2. The Bertz CT molecular complexity index is 901. The van der Waals surface area contributed by atoms with Gasteiger partial charge < -0.3 is 20.3 Å². The fourth-order valence-electron chi connectivity index (χ4n) is 3.40. The lowest BCUT2D eigenvalue weighted by Crippen LogP contribution is -2.44. The zero-order valence-corrected chi connectivity index (χ0v) is 17.1. The second-order valence-corrected chi connectivity index (χ2v) is 7.34. The molecule has 0 radical (unpaired) electrons. The van der Waals surface area contributed by atoms with Crippen LogP contribution >= 0.6 is 0 Å². The first-order valence-electron chi connectivity index (χ1n) is 10.1. The molecule has 1 heterocycles. The quantitative estimate of drug-likeness (QED) is 0.688. The van der Waals surface area contributed by atoms with Crippen molar-refractivity contribution < 1.29 is 14.3 Å². The molecule has 3 amide bonds. The van der Waals surface area contributed by atoms with Gasteiger partial charge in [-0.1, -0.05) is 36.3 Å². The second-order valence-electron chi connectivity index (χ2n) is 7.34. The molecule has 1 aliphatic rings. The van der Waals surface area contributed by atoms with E-state index < -0.39 is 0 Å². The van der Waals surface area contributed by atoms with Gasteiger partial charge in [0.1, 0.15) is 0 Å². The third-order valence-corrected chi connectivity index (χ3v) is 5.04. The van der Waals surface area contributed by atoms with E-state index >= 15 is 0 Å². The van der Waals surface area contributed by atoms with Crippen LogP contribution in [-0.4, -0.2) is 42.6 Å². The van der Waals surface area contributed by atoms with E-state index in [1.165, 1.54) is 0 Å². The first-order valence-corrected chi connectivity index (χ1v) is 10.1. The maximum atomic E-state index is 12.7. The normalized spacial score (nSPS) is 16.3. The summed E-state index contributed by atoms with van der Waals surface area (Å²) in [5.74, 6) is 2.36. The summed E-state index contributed by atoms with van der Waals surface area (Å²) in [6.45, 7) is 3.34. The summed E-state index contributed by atoms with van der Waals surface area (Å²) in [5.41, 5.74) is 2.14. The second kappa shape index (κ2) is 10.5. The van der Waals surface area contributed by atoms with Crippen LogP contribution in [0.5, 0.6) is 0 Å². The molecule has 0 spiro atoms. The molecular weight excluding hydrogens is 378 g/mol. The molecule has 0 aromatic heterocycles. The Morgan fingerprint density at radius 2 is 2.03 bits per heavy atom. The molecule has 30 heavy (non-hydrogen) atoms. The van der Waals surface area contributed by atoms with E-state index in [-0.39, 0.29) is 30.6 Å². The smallest absolute Gasteiger partial charge is 0.318 e. The van der Waals surface area contributed by atoms with Crippen molar-refractivity contribution in [1.29, 1.82) is 0 Å². The zero-order chi connectivity index (χ0) is 21.3. The molecule has 0 aliphatic carbocycles. The van der Waals surface area contributed by atoms with Gasteiger partial charge in [-0.3, -0.25) is 4.79 Å². The Morgan fingerprint density at radius 1 is 1.23 bits per heavy atom. The van der Waals surface area contributed by atoms with Crippen molar-refractivity contribution in [2.75, 3.05) is 25.0 Å². The van der Waals surface area contributed by atoms with Gasteiger partial charge in [0.25, 0.3) is 5.91 Å². The van der Waals surface area contributed by atoms with Crippen LogP contribution in [0.15, 0.2) is 54.6 Å². The highest BCUT2D eigenvalue weighted by Crippen LogP contribution is 2.19. The molecule has 0 saturated carbocycles. The average molecular weight is 405 g/mol. The molecule has 156 valence electrons. The highest BCUT2D eigenvalue weighted by molar-refractivity contribution is 6.04. The van der Waals surface area contributed by atoms with Crippen molar-refractivity contribution in [2.45, 2.75) is 31.9 Å². The van der Waals surface area contributed by atoms with E-state index in [1.807, 2.05) is 49.4 Å². The molecule has 1 saturated heterocycles. The van der Waals surface area contributed by atoms with E-state index in [2.05, 4.69) is 16.6 Å². The van der Waals surface area contributed by atoms with Crippen LogP contribution in [0.3, 0.4) is 0 Å². The topological polar surface area (TPSA) is 70.7 Å². The Balaban J connectivity index is 1.62. The summed E-state index contributed by atoms with van der Waals surface area (Å²) in [6.07, 6.45) is 7.43. The standard InChI is InChI=1S/C24H27N3O3/c1-3-14-27(17-22-13-8-15-30-22)24(29)25-18(2)20-11-7-12-21(16-20)26-23(28)19-9-5-4-6-10-19/h1,4-7,9-12,16,18,22H,8,13-15,17H2,2H3,(H,25,29)(H,26,28)/t18-,22-/m1/s1. The highest BCUT2D eigenvalue weighted by Gasteiger charge is 2.23. The molecule has 0 bridgehead atoms. The lowest BCUT2D eigenvalue weighted by Gasteiger charge is -2.26. The van der Waals surface area contributed by atoms with Gasteiger partial charge in [0, 0.05) is 24.4 Å². The van der Waals surface area contributed by atoms with Crippen LogP contribution in [0.1, 0.15) is 41.7 Å². The number of anilines is 1. The number of urea groups is 1. The number of ether oxygens (including phenoxy) is 1. The Kier molecular flexibility index (Phi) is 7.47. The summed E-state index contributed by atoms with van der Waals surface area (Å²) in [5, 5.41) is 5.88. The molecule has 1 fully saturated rings. The maximum absolute atomic E-state index is 12.7. The van der Waals surface area contributed by atoms with Crippen molar-refractivity contribution in [3.05, 3.63) is 65.7 Å². The molecule has 0 unspecified atom stereocenters. The predicted octanol–water partition coefficient (Wildman–Crippen LogP) is 3.82. The minimum atomic E-state index is -0.254. The number of carbonyl (C=O) groups excluding carboxylic acids is 2. The number of nitrogens with zero attached hydrogens (tertiary/aromatic N) is 1. The SMILES string of the molecule is C#CCN(C[C@H]1CCCO1)C(=O)N[C@H](C)c1cccc(NC(=O)c2ccccc2)c1. The summed E-state index contributed by atoms with van der Waals surface area (Å²) in [4.78, 5) is 26.7. The fourth-order valence-corrected chi connectivity index (χ4v) is 3.40. The number of terminal acetylenes is 1. The van der Waals surface area contributed by atoms with Gasteiger partial charge in [0.15, 0.2) is 0 Å². The van der Waals surface area contributed by atoms with E-state index in [9.17, 15) is 9.59 Å². The molecule has 2 aromatic carbocycles. The van der Waals surface area contributed by atoms with Crippen molar-refractivity contribution >= 4 is 17.6 Å². The van der Waals surface area contributed by atoms with Gasteiger partial charge in [-0.2, -0.15) is 0 Å². The fraction of sp³-hybridized carbons (Fsp3) is 0.333. The van der Waals surface area contributed by atoms with Crippen molar-refractivity contribution in [1.82, 2.24) is 10.2 Å². The number of amides is 3. The van der Waals surface area contributed by atoms with E-state index in [0.29, 0.717) is 17.8 Å². The lowest BCUT2D eigenvalue weighted by molar-refractivity contribution is 0.0842. The zero-order valence-electron chi connectivity index (χ0n) is 17.1. The van der Waals surface area contributed by atoms with Gasteiger partial charge in [-0.05, 0) is 49.6 Å². The molecular formula is C24H27N3O3. The van der Waals surface area contributed by atoms with Crippen LogP contribution in [-0.2, 0) is 4.74 Å². The Labute approximate surface area is 177 Å². The predicted molar refractivity (Wildman–Crippen MR) is 117 cm³/mol. The first kappa shape index (κ1) is 21.4. The van der Waals surface area contributed by atoms with E-state index in [0.717, 1.165) is 25.0 Å².